The Morgan fingerprint density at radius 1 is 1.43 bits per heavy atom. The fourth-order valence-corrected chi connectivity index (χ4v) is 2.95. The highest BCUT2D eigenvalue weighted by Gasteiger charge is 2.25. The molecule has 0 aliphatic carbocycles. The summed E-state index contributed by atoms with van der Waals surface area (Å²) < 4.78 is 6.98. The Labute approximate surface area is 133 Å². The van der Waals surface area contributed by atoms with Gasteiger partial charge in [-0.25, -0.2) is 0 Å². The van der Waals surface area contributed by atoms with E-state index >= 15 is 0 Å². The molecule has 23 heavy (non-hydrogen) atoms. The molecule has 3 rings (SSSR count). The van der Waals surface area contributed by atoms with Crippen molar-refractivity contribution in [2.75, 3.05) is 13.2 Å². The first-order chi connectivity index (χ1) is 11.1. The lowest BCUT2D eigenvalue weighted by Crippen LogP contribution is -2.49. The van der Waals surface area contributed by atoms with Gasteiger partial charge >= 0.3 is 0 Å². The van der Waals surface area contributed by atoms with Crippen molar-refractivity contribution in [3.05, 3.63) is 46.2 Å². The van der Waals surface area contributed by atoms with Gasteiger partial charge in [-0.2, -0.15) is 0 Å². The molecule has 1 amide bonds. The number of aromatic nitrogens is 1. The summed E-state index contributed by atoms with van der Waals surface area (Å²) in [5.74, 6) is -0.187. The highest BCUT2D eigenvalue weighted by Crippen LogP contribution is 2.13. The first-order valence-electron chi connectivity index (χ1n) is 7.70. The summed E-state index contributed by atoms with van der Waals surface area (Å²) in [5.41, 5.74) is 1.42. The van der Waals surface area contributed by atoms with E-state index in [9.17, 15) is 14.7 Å². The maximum absolute atomic E-state index is 12.3. The fraction of sp³-hybridized carbons (Fsp3) is 0.412. The Balaban J connectivity index is 1.84. The van der Waals surface area contributed by atoms with E-state index in [1.165, 1.54) is 0 Å². The van der Waals surface area contributed by atoms with Crippen molar-refractivity contribution in [3.63, 3.8) is 0 Å². The number of carbonyl (C=O) groups is 1. The van der Waals surface area contributed by atoms with Crippen LogP contribution in [0.3, 0.4) is 0 Å². The van der Waals surface area contributed by atoms with Crippen LogP contribution in [-0.2, 0) is 16.1 Å². The Hall–Kier alpha value is -2.18. The molecule has 0 spiro atoms. The molecule has 2 N–H and O–H groups in total. The van der Waals surface area contributed by atoms with Gasteiger partial charge in [0, 0.05) is 23.8 Å². The zero-order valence-corrected chi connectivity index (χ0v) is 13.0. The molecule has 1 aromatic heterocycles. The van der Waals surface area contributed by atoms with E-state index in [0.717, 1.165) is 11.2 Å². The van der Waals surface area contributed by atoms with Crippen molar-refractivity contribution in [3.8, 4) is 0 Å². The van der Waals surface area contributed by atoms with Crippen LogP contribution in [0.4, 0.5) is 0 Å². The van der Waals surface area contributed by atoms with Gasteiger partial charge in [-0.1, -0.05) is 12.1 Å². The maximum atomic E-state index is 12.3. The predicted molar refractivity (Wildman–Crippen MR) is 86.3 cm³/mol. The SMILES string of the molecule is Cc1cc(=O)c2ccccc2n1CC(=O)N[C@@H]1CCOC[C@H]1O. The fourth-order valence-electron chi connectivity index (χ4n) is 2.95. The number of ether oxygens (including phenoxy) is 1. The number of carbonyl (C=O) groups excluding carboxylic acids is 1. The van der Waals surface area contributed by atoms with E-state index in [4.69, 9.17) is 4.74 Å². The summed E-state index contributed by atoms with van der Waals surface area (Å²) in [6, 6.07) is 8.49. The van der Waals surface area contributed by atoms with Crippen molar-refractivity contribution >= 4 is 16.8 Å². The predicted octanol–water partition coefficient (Wildman–Crippen LogP) is 0.576. The summed E-state index contributed by atoms with van der Waals surface area (Å²) >= 11 is 0. The Morgan fingerprint density at radius 2 is 2.22 bits per heavy atom. The van der Waals surface area contributed by atoms with Gasteiger partial charge in [0.1, 0.15) is 6.54 Å². The molecule has 0 radical (unpaired) electrons. The zero-order chi connectivity index (χ0) is 16.4. The molecule has 122 valence electrons. The van der Waals surface area contributed by atoms with Gasteiger partial charge in [-0.05, 0) is 25.5 Å². The number of aliphatic hydroxyl groups is 1. The molecular weight excluding hydrogens is 296 g/mol. The molecule has 1 saturated heterocycles. The van der Waals surface area contributed by atoms with E-state index < -0.39 is 6.10 Å². The molecule has 2 aromatic rings. The molecule has 1 aliphatic heterocycles. The lowest BCUT2D eigenvalue weighted by Gasteiger charge is -2.28. The van der Waals surface area contributed by atoms with Gasteiger partial charge in [0.25, 0.3) is 0 Å². The number of hydrogen-bond donors (Lipinski definition) is 2. The number of hydrogen-bond acceptors (Lipinski definition) is 4. The molecule has 6 heteroatoms. The lowest BCUT2D eigenvalue weighted by atomic mass is 10.1. The Bertz CT molecular complexity index is 784. The number of fused-ring (bicyclic) bond motifs is 1. The second-order valence-corrected chi connectivity index (χ2v) is 5.86. The van der Waals surface area contributed by atoms with Crippen LogP contribution in [0.1, 0.15) is 12.1 Å². The van der Waals surface area contributed by atoms with Crippen molar-refractivity contribution in [1.29, 1.82) is 0 Å². The van der Waals surface area contributed by atoms with Crippen LogP contribution in [0.25, 0.3) is 10.9 Å². The maximum Gasteiger partial charge on any atom is 0.240 e. The molecule has 1 aromatic carbocycles. The van der Waals surface area contributed by atoms with Gasteiger partial charge in [-0.15, -0.1) is 0 Å². The largest absolute Gasteiger partial charge is 0.389 e. The van der Waals surface area contributed by atoms with Crippen LogP contribution < -0.4 is 10.7 Å². The second-order valence-electron chi connectivity index (χ2n) is 5.86. The minimum atomic E-state index is -0.681. The van der Waals surface area contributed by atoms with Crippen molar-refractivity contribution in [2.24, 2.45) is 0 Å². The zero-order valence-electron chi connectivity index (χ0n) is 13.0. The molecule has 1 fully saturated rings. The van der Waals surface area contributed by atoms with Gasteiger partial charge in [0.2, 0.25) is 5.91 Å². The monoisotopic (exact) mass is 316 g/mol. The number of rotatable bonds is 3. The van der Waals surface area contributed by atoms with Crippen LogP contribution in [0.2, 0.25) is 0 Å². The van der Waals surface area contributed by atoms with Crippen molar-refractivity contribution in [2.45, 2.75) is 32.0 Å². The Kier molecular flexibility index (Phi) is 4.45. The minimum absolute atomic E-state index is 0.0467. The lowest BCUT2D eigenvalue weighted by molar-refractivity contribution is -0.125. The summed E-state index contributed by atoms with van der Waals surface area (Å²) in [5, 5.41) is 13.3. The second kappa shape index (κ2) is 6.52. The quantitative estimate of drug-likeness (QED) is 0.868. The van der Waals surface area contributed by atoms with E-state index in [0.29, 0.717) is 18.4 Å². The van der Waals surface area contributed by atoms with Crippen LogP contribution in [0.5, 0.6) is 0 Å². The summed E-state index contributed by atoms with van der Waals surface area (Å²) in [7, 11) is 0. The van der Waals surface area contributed by atoms with Crippen LogP contribution in [-0.4, -0.2) is 40.9 Å². The van der Waals surface area contributed by atoms with E-state index in [1.54, 1.807) is 12.1 Å². The van der Waals surface area contributed by atoms with E-state index in [-0.39, 0.29) is 30.5 Å². The first-order valence-corrected chi connectivity index (χ1v) is 7.70. The summed E-state index contributed by atoms with van der Waals surface area (Å²) in [6.07, 6.45) is -0.0869. The van der Waals surface area contributed by atoms with Gasteiger partial charge in [0.05, 0.1) is 24.3 Å². The molecule has 0 bridgehead atoms. The number of nitrogens with zero attached hydrogens (tertiary/aromatic N) is 1. The summed E-state index contributed by atoms with van der Waals surface area (Å²) in [4.78, 5) is 24.4. The third kappa shape index (κ3) is 3.28. The third-order valence-corrected chi connectivity index (χ3v) is 4.20. The number of aliphatic hydroxyl groups excluding tert-OH is 1. The highest BCUT2D eigenvalue weighted by molar-refractivity contribution is 5.82. The molecule has 2 atom stereocenters. The number of nitrogens with one attached hydrogen (secondary N) is 1. The number of aryl methyl sites for hydroxylation is 1. The van der Waals surface area contributed by atoms with E-state index in [1.807, 2.05) is 29.7 Å². The molecule has 0 unspecified atom stereocenters. The van der Waals surface area contributed by atoms with Gasteiger partial charge in [0.15, 0.2) is 5.43 Å². The smallest absolute Gasteiger partial charge is 0.240 e. The van der Waals surface area contributed by atoms with E-state index in [2.05, 4.69) is 5.32 Å². The summed E-state index contributed by atoms with van der Waals surface area (Å²) in [6.45, 7) is 2.69. The normalized spacial score (nSPS) is 21.3. The number of pyridine rings is 1. The van der Waals surface area contributed by atoms with Crippen LogP contribution in [0, 0.1) is 6.92 Å². The van der Waals surface area contributed by atoms with Gasteiger partial charge < -0.3 is 19.7 Å². The Morgan fingerprint density at radius 3 is 3.00 bits per heavy atom. The van der Waals surface area contributed by atoms with Crippen LogP contribution in [0.15, 0.2) is 35.1 Å². The molecular formula is C17H20N2O4. The number of para-hydroxylation sites is 1. The van der Waals surface area contributed by atoms with Crippen molar-refractivity contribution < 1.29 is 14.6 Å². The van der Waals surface area contributed by atoms with Crippen molar-refractivity contribution in [1.82, 2.24) is 9.88 Å². The average Bonchev–Trinajstić information content (AvgIpc) is 2.54. The molecule has 1 aliphatic rings. The average molecular weight is 316 g/mol. The molecule has 0 saturated carbocycles. The van der Waals surface area contributed by atoms with Crippen LogP contribution >= 0.6 is 0 Å². The third-order valence-electron chi connectivity index (χ3n) is 4.20. The standard InChI is InChI=1S/C17H20N2O4/c1-11-8-15(20)12-4-2-3-5-14(12)19(11)9-17(22)18-13-6-7-23-10-16(13)21/h2-5,8,13,16,21H,6-7,9-10H2,1H3,(H,18,22)/t13-,16-/m1/s1. The minimum Gasteiger partial charge on any atom is -0.389 e. The molecule has 2 heterocycles. The first kappa shape index (κ1) is 15.7. The highest BCUT2D eigenvalue weighted by atomic mass is 16.5. The molecule has 6 nitrogen and oxygen atoms in total. The number of benzene rings is 1. The van der Waals surface area contributed by atoms with Gasteiger partial charge in [-0.3, -0.25) is 9.59 Å². The topological polar surface area (TPSA) is 80.6 Å². The number of amides is 1.